The lowest BCUT2D eigenvalue weighted by Crippen LogP contribution is -2.32. The van der Waals surface area contributed by atoms with Gasteiger partial charge in [-0.25, -0.2) is 0 Å². The molecule has 0 aromatic rings. The highest BCUT2D eigenvalue weighted by molar-refractivity contribution is 5.75. The van der Waals surface area contributed by atoms with Crippen molar-refractivity contribution < 1.29 is 9.90 Å². The van der Waals surface area contributed by atoms with Crippen LogP contribution < -0.4 is 10.6 Å². The summed E-state index contributed by atoms with van der Waals surface area (Å²) >= 11 is 0. The molecule has 0 bridgehead atoms. The van der Waals surface area contributed by atoms with Gasteiger partial charge in [-0.3, -0.25) is 4.79 Å². The molecule has 4 nitrogen and oxygen atoms in total. The molecular formula is C9H20N2O2. The van der Waals surface area contributed by atoms with E-state index in [-0.39, 0.29) is 12.5 Å². The molecule has 0 unspecified atom stereocenters. The molecule has 0 radical (unpaired) electrons. The van der Waals surface area contributed by atoms with Crippen molar-refractivity contribution in [2.75, 3.05) is 26.2 Å². The summed E-state index contributed by atoms with van der Waals surface area (Å²) in [5.74, 6) is 0.118. The zero-order chi connectivity index (χ0) is 9.94. The van der Waals surface area contributed by atoms with Crippen LogP contribution in [0.2, 0.25) is 0 Å². The SMILES string of the molecule is CCCCC(=O)NCCNCCO. The Balaban J connectivity index is 3.08. The minimum absolute atomic E-state index is 0.118. The maximum Gasteiger partial charge on any atom is 0.220 e. The summed E-state index contributed by atoms with van der Waals surface area (Å²) in [6.07, 6.45) is 2.63. The number of carbonyl (C=O) groups is 1. The highest BCUT2D eigenvalue weighted by Gasteiger charge is 1.97. The second-order valence-corrected chi connectivity index (χ2v) is 2.93. The van der Waals surface area contributed by atoms with E-state index in [1.54, 1.807) is 0 Å². The predicted octanol–water partition coefficient (Wildman–Crippen LogP) is -0.125. The molecule has 0 atom stereocenters. The molecule has 0 saturated heterocycles. The lowest BCUT2D eigenvalue weighted by Gasteiger charge is -2.04. The van der Waals surface area contributed by atoms with E-state index in [2.05, 4.69) is 17.6 Å². The summed E-state index contributed by atoms with van der Waals surface area (Å²) in [5.41, 5.74) is 0. The monoisotopic (exact) mass is 188 g/mol. The van der Waals surface area contributed by atoms with Crippen LogP contribution in [0.5, 0.6) is 0 Å². The van der Waals surface area contributed by atoms with Crippen LogP contribution in [0, 0.1) is 0 Å². The van der Waals surface area contributed by atoms with Gasteiger partial charge in [-0.1, -0.05) is 13.3 Å². The molecule has 1 amide bonds. The van der Waals surface area contributed by atoms with Crippen LogP contribution in [0.3, 0.4) is 0 Å². The summed E-state index contributed by atoms with van der Waals surface area (Å²) in [6, 6.07) is 0. The first-order valence-corrected chi connectivity index (χ1v) is 4.89. The summed E-state index contributed by atoms with van der Waals surface area (Å²) < 4.78 is 0. The van der Waals surface area contributed by atoms with Gasteiger partial charge in [-0.05, 0) is 6.42 Å². The number of unbranched alkanes of at least 4 members (excludes halogenated alkanes) is 1. The van der Waals surface area contributed by atoms with E-state index in [9.17, 15) is 4.79 Å². The van der Waals surface area contributed by atoms with Crippen molar-refractivity contribution in [3.63, 3.8) is 0 Å². The zero-order valence-electron chi connectivity index (χ0n) is 8.31. The minimum Gasteiger partial charge on any atom is -0.395 e. The van der Waals surface area contributed by atoms with Crippen LogP contribution >= 0.6 is 0 Å². The van der Waals surface area contributed by atoms with E-state index < -0.39 is 0 Å². The summed E-state index contributed by atoms with van der Waals surface area (Å²) in [4.78, 5) is 11.0. The molecule has 0 rings (SSSR count). The second kappa shape index (κ2) is 9.48. The first kappa shape index (κ1) is 12.4. The van der Waals surface area contributed by atoms with E-state index >= 15 is 0 Å². The van der Waals surface area contributed by atoms with E-state index in [1.165, 1.54) is 0 Å². The Morgan fingerprint density at radius 1 is 1.31 bits per heavy atom. The number of amides is 1. The molecule has 13 heavy (non-hydrogen) atoms. The maximum absolute atomic E-state index is 11.0. The largest absolute Gasteiger partial charge is 0.395 e. The van der Waals surface area contributed by atoms with Crippen LogP contribution in [0.4, 0.5) is 0 Å². The number of carbonyl (C=O) groups excluding carboxylic acids is 1. The standard InChI is InChI=1S/C9H20N2O2/c1-2-3-4-9(13)11-6-5-10-7-8-12/h10,12H,2-8H2,1H3,(H,11,13). The third-order valence-corrected chi connectivity index (χ3v) is 1.67. The molecule has 0 aliphatic heterocycles. The smallest absolute Gasteiger partial charge is 0.220 e. The van der Waals surface area contributed by atoms with Crippen molar-refractivity contribution in [3.8, 4) is 0 Å². The molecule has 0 fully saturated rings. The molecule has 0 aromatic carbocycles. The van der Waals surface area contributed by atoms with Gasteiger partial charge in [0.15, 0.2) is 0 Å². The summed E-state index contributed by atoms with van der Waals surface area (Å²) in [5, 5.41) is 14.2. The first-order chi connectivity index (χ1) is 6.31. The number of aliphatic hydroxyl groups excluding tert-OH is 1. The third kappa shape index (κ3) is 9.30. The van der Waals surface area contributed by atoms with Gasteiger partial charge in [0.05, 0.1) is 6.61 Å². The fraction of sp³-hybridized carbons (Fsp3) is 0.889. The van der Waals surface area contributed by atoms with Gasteiger partial charge < -0.3 is 15.7 Å². The van der Waals surface area contributed by atoms with Crippen LogP contribution in [0.15, 0.2) is 0 Å². The fourth-order valence-corrected chi connectivity index (χ4v) is 0.920. The Labute approximate surface area is 79.7 Å². The first-order valence-electron chi connectivity index (χ1n) is 4.89. The van der Waals surface area contributed by atoms with Crippen molar-refractivity contribution in [1.29, 1.82) is 0 Å². The van der Waals surface area contributed by atoms with E-state index in [0.29, 0.717) is 19.5 Å². The Kier molecular flexibility index (Phi) is 9.03. The van der Waals surface area contributed by atoms with Gasteiger partial charge in [0, 0.05) is 26.1 Å². The highest BCUT2D eigenvalue weighted by atomic mass is 16.3. The van der Waals surface area contributed by atoms with Crippen molar-refractivity contribution in [2.45, 2.75) is 26.2 Å². The van der Waals surface area contributed by atoms with E-state index in [0.717, 1.165) is 19.4 Å². The van der Waals surface area contributed by atoms with Gasteiger partial charge in [0.25, 0.3) is 0 Å². The molecule has 78 valence electrons. The van der Waals surface area contributed by atoms with Crippen molar-refractivity contribution >= 4 is 5.91 Å². The predicted molar refractivity (Wildman–Crippen MR) is 52.5 cm³/mol. The molecule has 4 heteroatoms. The average molecular weight is 188 g/mol. The third-order valence-electron chi connectivity index (χ3n) is 1.67. The summed E-state index contributed by atoms with van der Waals surface area (Å²) in [6.45, 7) is 4.16. The highest BCUT2D eigenvalue weighted by Crippen LogP contribution is 1.92. The Bertz CT molecular complexity index is 129. The minimum atomic E-state index is 0.118. The molecule has 0 heterocycles. The van der Waals surface area contributed by atoms with Crippen LogP contribution in [-0.2, 0) is 4.79 Å². The second-order valence-electron chi connectivity index (χ2n) is 2.93. The van der Waals surface area contributed by atoms with Crippen molar-refractivity contribution in [3.05, 3.63) is 0 Å². The number of nitrogens with one attached hydrogen (secondary N) is 2. The molecular weight excluding hydrogens is 168 g/mol. The Hall–Kier alpha value is -0.610. The lowest BCUT2D eigenvalue weighted by atomic mass is 10.2. The number of aliphatic hydroxyl groups is 1. The van der Waals surface area contributed by atoms with Crippen molar-refractivity contribution in [2.24, 2.45) is 0 Å². The molecule has 0 saturated carbocycles. The fourth-order valence-electron chi connectivity index (χ4n) is 0.920. The molecule has 0 aliphatic carbocycles. The van der Waals surface area contributed by atoms with Gasteiger partial charge in [-0.15, -0.1) is 0 Å². The van der Waals surface area contributed by atoms with Gasteiger partial charge in [0.1, 0.15) is 0 Å². The zero-order valence-corrected chi connectivity index (χ0v) is 8.31. The Morgan fingerprint density at radius 2 is 2.08 bits per heavy atom. The van der Waals surface area contributed by atoms with Crippen LogP contribution in [0.25, 0.3) is 0 Å². The maximum atomic E-state index is 11.0. The van der Waals surface area contributed by atoms with Gasteiger partial charge in [-0.2, -0.15) is 0 Å². The van der Waals surface area contributed by atoms with Crippen LogP contribution in [-0.4, -0.2) is 37.3 Å². The van der Waals surface area contributed by atoms with Crippen molar-refractivity contribution in [1.82, 2.24) is 10.6 Å². The normalized spacial score (nSPS) is 10.0. The average Bonchev–Trinajstić information content (AvgIpc) is 2.14. The molecule has 0 aromatic heterocycles. The summed E-state index contributed by atoms with van der Waals surface area (Å²) in [7, 11) is 0. The quantitative estimate of drug-likeness (QED) is 0.465. The number of rotatable bonds is 8. The van der Waals surface area contributed by atoms with E-state index in [4.69, 9.17) is 5.11 Å². The van der Waals surface area contributed by atoms with E-state index in [1.807, 2.05) is 0 Å². The molecule has 3 N–H and O–H groups in total. The lowest BCUT2D eigenvalue weighted by molar-refractivity contribution is -0.121. The van der Waals surface area contributed by atoms with Crippen LogP contribution in [0.1, 0.15) is 26.2 Å². The van der Waals surface area contributed by atoms with Gasteiger partial charge >= 0.3 is 0 Å². The number of hydrogen-bond acceptors (Lipinski definition) is 3. The molecule has 0 spiro atoms. The molecule has 0 aliphatic rings. The Morgan fingerprint density at radius 3 is 2.69 bits per heavy atom. The van der Waals surface area contributed by atoms with Gasteiger partial charge in [0.2, 0.25) is 5.91 Å². The number of hydrogen-bond donors (Lipinski definition) is 3. The topological polar surface area (TPSA) is 61.4 Å².